The van der Waals surface area contributed by atoms with E-state index in [1.807, 2.05) is 24.3 Å². The number of hydrogen-bond donors (Lipinski definition) is 1. The first-order chi connectivity index (χ1) is 15.7. The normalized spacial score (nSPS) is 19.6. The monoisotopic (exact) mass is 514 g/mol. The summed E-state index contributed by atoms with van der Waals surface area (Å²) in [7, 11) is -2.93. The topological polar surface area (TPSA) is 85.6 Å². The van der Waals surface area contributed by atoms with Gasteiger partial charge < -0.3 is 14.6 Å². The summed E-state index contributed by atoms with van der Waals surface area (Å²) < 4.78 is 68.7. The maximum Gasteiger partial charge on any atom is 0.288 e. The molecule has 1 aliphatic heterocycles. The summed E-state index contributed by atoms with van der Waals surface area (Å²) in [5, 5.41) is 3.93. The lowest BCUT2D eigenvalue weighted by Gasteiger charge is -2.32. The summed E-state index contributed by atoms with van der Waals surface area (Å²) >= 11 is 6.81. The number of nitrogens with one attached hydrogen (secondary N) is 1. The average molecular weight is 515 g/mol. The Hall–Kier alpha value is -2.34. The Bertz CT molecular complexity index is 1310. The van der Waals surface area contributed by atoms with E-state index in [0.717, 1.165) is 36.1 Å². The highest BCUT2D eigenvalue weighted by atomic mass is 35.5. The van der Waals surface area contributed by atoms with Gasteiger partial charge in [0.05, 0.1) is 6.61 Å². The summed E-state index contributed by atoms with van der Waals surface area (Å²) in [5.41, 5.74) is 1.10. The van der Waals surface area contributed by atoms with Crippen LogP contribution in [0.4, 0.5) is 8.78 Å². The van der Waals surface area contributed by atoms with Gasteiger partial charge >= 0.3 is 0 Å². The van der Waals surface area contributed by atoms with Crippen molar-refractivity contribution in [1.82, 2.24) is 14.3 Å². The van der Waals surface area contributed by atoms with E-state index >= 15 is 0 Å². The molecule has 4 rings (SSSR count). The summed E-state index contributed by atoms with van der Waals surface area (Å²) in [4.78, 5) is -0.827. The second-order valence-corrected chi connectivity index (χ2v) is 10.5. The van der Waals surface area contributed by atoms with Gasteiger partial charge in [-0.2, -0.15) is 12.8 Å². The van der Waals surface area contributed by atoms with E-state index in [0.29, 0.717) is 17.6 Å². The van der Waals surface area contributed by atoms with Gasteiger partial charge in [-0.25, -0.2) is 8.78 Å². The van der Waals surface area contributed by atoms with Crippen molar-refractivity contribution in [3.63, 3.8) is 0 Å². The lowest BCUT2D eigenvalue weighted by Crippen LogP contribution is -2.38. The van der Waals surface area contributed by atoms with Gasteiger partial charge in [0.15, 0.2) is 11.6 Å². The van der Waals surface area contributed by atoms with Gasteiger partial charge in [0.25, 0.3) is 10.0 Å². The third kappa shape index (κ3) is 5.43. The van der Waals surface area contributed by atoms with E-state index in [1.54, 1.807) is 7.05 Å². The number of piperidine rings is 1. The molecule has 0 spiro atoms. The van der Waals surface area contributed by atoms with E-state index in [9.17, 15) is 17.2 Å². The molecule has 33 heavy (non-hydrogen) atoms. The molecule has 3 aromatic rings. The molecule has 0 amide bonds. The Morgan fingerprint density at radius 1 is 1.27 bits per heavy atom. The van der Waals surface area contributed by atoms with Crippen LogP contribution in [0.5, 0.6) is 5.75 Å². The number of rotatable bonds is 6. The van der Waals surface area contributed by atoms with Crippen molar-refractivity contribution >= 4 is 33.2 Å². The molecule has 1 aliphatic rings. The van der Waals surface area contributed by atoms with E-state index in [1.165, 1.54) is 10.9 Å². The molecule has 176 valence electrons. The van der Waals surface area contributed by atoms with Crippen LogP contribution in [0.2, 0.25) is 5.02 Å². The van der Waals surface area contributed by atoms with Crippen LogP contribution < -0.4 is 14.9 Å². The van der Waals surface area contributed by atoms with Crippen LogP contribution in [0, 0.1) is 17.6 Å². The minimum absolute atomic E-state index is 0.00660. The molecule has 7 nitrogen and oxygen atoms in total. The fourth-order valence-electron chi connectivity index (χ4n) is 3.75. The smallest absolute Gasteiger partial charge is 0.288 e. The van der Waals surface area contributed by atoms with Gasteiger partial charge in [-0.05, 0) is 36.6 Å². The molecule has 0 aliphatic carbocycles. The molecule has 0 radical (unpaired) electrons. The Morgan fingerprint density at radius 2 is 2.03 bits per heavy atom. The minimum atomic E-state index is -4.48. The Labute approximate surface area is 198 Å². The van der Waals surface area contributed by atoms with E-state index < -0.39 is 26.6 Å². The van der Waals surface area contributed by atoms with Crippen LogP contribution in [0.25, 0.3) is 0 Å². The van der Waals surface area contributed by atoms with Crippen LogP contribution in [0.3, 0.4) is 0 Å². The predicted octanol–water partition coefficient (Wildman–Crippen LogP) is 3.47. The van der Waals surface area contributed by atoms with E-state index in [2.05, 4.69) is 14.1 Å². The van der Waals surface area contributed by atoms with E-state index in [-0.39, 0.29) is 29.0 Å². The van der Waals surface area contributed by atoms with Gasteiger partial charge in [0.2, 0.25) is 4.80 Å². The first-order valence-corrected chi connectivity index (χ1v) is 12.7. The number of aryl methyl sites for hydroxylation is 1. The van der Waals surface area contributed by atoms with Gasteiger partial charge in [0, 0.05) is 48.2 Å². The molecular formula is C21H21ClF2N4O3S2. The van der Waals surface area contributed by atoms with Gasteiger partial charge in [-0.15, -0.1) is 4.40 Å². The maximum atomic E-state index is 14.7. The lowest BCUT2D eigenvalue weighted by atomic mass is 9.81. The van der Waals surface area contributed by atoms with Crippen molar-refractivity contribution in [3.8, 4) is 5.75 Å². The molecule has 2 atom stereocenters. The maximum absolute atomic E-state index is 14.7. The average Bonchev–Trinajstić information content (AvgIpc) is 3.18. The van der Waals surface area contributed by atoms with Gasteiger partial charge in [0.1, 0.15) is 17.0 Å². The zero-order chi connectivity index (χ0) is 23.6. The predicted molar refractivity (Wildman–Crippen MR) is 121 cm³/mol. The second-order valence-electron chi connectivity index (χ2n) is 7.71. The molecule has 12 heteroatoms. The summed E-state index contributed by atoms with van der Waals surface area (Å²) in [5.74, 6) is -2.30. The second kappa shape index (κ2) is 9.88. The highest BCUT2D eigenvalue weighted by Gasteiger charge is 2.28. The SMILES string of the molecule is Cn1cns/c1=N/S(=O)(=O)c1cc(F)c(OC[C@H]2CNCC[C@@H]2c2ccc(Cl)cc2)cc1F. The molecule has 0 unspecified atom stereocenters. The van der Waals surface area contributed by atoms with Gasteiger partial charge in [-0.1, -0.05) is 23.7 Å². The van der Waals surface area contributed by atoms with E-state index in [4.69, 9.17) is 16.3 Å². The lowest BCUT2D eigenvalue weighted by molar-refractivity contribution is 0.190. The molecule has 1 N–H and O–H groups in total. The van der Waals surface area contributed by atoms with Crippen molar-refractivity contribution in [3.05, 3.63) is 69.7 Å². The molecule has 2 aromatic carbocycles. The quantitative estimate of drug-likeness (QED) is 0.544. The van der Waals surface area contributed by atoms with Gasteiger partial charge in [-0.3, -0.25) is 0 Å². The largest absolute Gasteiger partial charge is 0.490 e. The van der Waals surface area contributed by atoms with Crippen LogP contribution in [0.1, 0.15) is 17.9 Å². The molecule has 1 aromatic heterocycles. The van der Waals surface area contributed by atoms with Crippen LogP contribution >= 0.6 is 23.1 Å². The first-order valence-electron chi connectivity index (χ1n) is 10.1. The third-order valence-corrected chi connectivity index (χ3v) is 7.87. The Kier molecular flexibility index (Phi) is 7.13. The fraction of sp³-hybridized carbons (Fsp3) is 0.333. The summed E-state index contributed by atoms with van der Waals surface area (Å²) in [6, 6.07) is 8.90. The zero-order valence-electron chi connectivity index (χ0n) is 17.5. The standard InChI is InChI=1S/C21H21ClF2N4O3S2/c1-28-12-26-32-21(28)27-33(29,30)20-9-17(23)19(8-18(20)24)31-11-14-10-25-7-6-16(14)13-2-4-15(22)5-3-13/h2-5,8-9,12,14,16,25H,6-7,10-11H2,1H3/b27-21+/t14-,16-/m1/s1. The number of hydrogen-bond acceptors (Lipinski definition) is 6. The Balaban J connectivity index is 1.54. The van der Waals surface area contributed by atoms with Crippen molar-refractivity contribution in [2.24, 2.45) is 17.4 Å². The number of sulfonamides is 1. The molecule has 2 heterocycles. The molecule has 1 fully saturated rings. The number of aromatic nitrogens is 2. The van der Waals surface area contributed by atoms with Crippen molar-refractivity contribution in [1.29, 1.82) is 0 Å². The zero-order valence-corrected chi connectivity index (χ0v) is 19.9. The molecular weight excluding hydrogens is 494 g/mol. The molecule has 0 bridgehead atoms. The molecule has 1 saturated heterocycles. The number of halogens is 3. The number of ether oxygens (including phenoxy) is 1. The van der Waals surface area contributed by atoms with Crippen LogP contribution in [0.15, 0.2) is 52.0 Å². The van der Waals surface area contributed by atoms with Crippen LogP contribution in [-0.2, 0) is 17.1 Å². The highest BCUT2D eigenvalue weighted by molar-refractivity contribution is 7.90. The number of benzene rings is 2. The minimum Gasteiger partial charge on any atom is -0.490 e. The van der Waals surface area contributed by atoms with Crippen LogP contribution in [-0.4, -0.2) is 37.1 Å². The summed E-state index contributed by atoms with van der Waals surface area (Å²) in [6.45, 7) is 1.61. The first kappa shape index (κ1) is 23.8. The highest BCUT2D eigenvalue weighted by Crippen LogP contribution is 2.33. The fourth-order valence-corrected chi connectivity index (χ4v) is 5.75. The molecule has 0 saturated carbocycles. The third-order valence-electron chi connectivity index (χ3n) is 5.48. The van der Waals surface area contributed by atoms with Crippen molar-refractivity contribution in [2.45, 2.75) is 17.2 Å². The number of nitrogens with zero attached hydrogens (tertiary/aromatic N) is 3. The van der Waals surface area contributed by atoms with Crippen molar-refractivity contribution < 1.29 is 21.9 Å². The summed E-state index contributed by atoms with van der Waals surface area (Å²) in [6.07, 6.45) is 2.23. The van der Waals surface area contributed by atoms with Crippen molar-refractivity contribution in [2.75, 3.05) is 19.7 Å². The Morgan fingerprint density at radius 3 is 2.73 bits per heavy atom.